The molecule has 3 heteroatoms. The van der Waals surface area contributed by atoms with Crippen molar-refractivity contribution in [3.63, 3.8) is 0 Å². The first-order chi connectivity index (χ1) is 6.20. The summed E-state index contributed by atoms with van der Waals surface area (Å²) >= 11 is 0. The lowest BCUT2D eigenvalue weighted by Gasteiger charge is -2.04. The van der Waals surface area contributed by atoms with Crippen molar-refractivity contribution in [3.8, 4) is 0 Å². The predicted molar refractivity (Wildman–Crippen MR) is 50.9 cm³/mol. The molecule has 0 spiro atoms. The zero-order valence-electron chi connectivity index (χ0n) is 7.21. The van der Waals surface area contributed by atoms with E-state index in [2.05, 4.69) is 4.98 Å². The van der Waals surface area contributed by atoms with Gasteiger partial charge in [0.15, 0.2) is 11.6 Å². The molecule has 0 amide bonds. The van der Waals surface area contributed by atoms with Gasteiger partial charge in [0.05, 0.1) is 0 Å². The molecule has 0 saturated heterocycles. The Bertz CT molecular complexity index is 466. The molecular weight excluding hydrogens is 167 g/mol. The highest BCUT2D eigenvalue weighted by molar-refractivity contribution is 5.86. The van der Waals surface area contributed by atoms with Crippen LogP contribution in [0.3, 0.4) is 0 Å². The maximum Gasteiger partial charge on any atom is 0.173 e. The number of benzene rings is 1. The van der Waals surface area contributed by atoms with Gasteiger partial charge in [-0.05, 0) is 6.92 Å². The monoisotopic (exact) mass is 176 g/mol. The highest BCUT2D eigenvalue weighted by Gasteiger charge is 2.07. The molecule has 0 radical (unpaired) electrons. The fourth-order valence-corrected chi connectivity index (χ4v) is 1.42. The number of rotatable bonds is 0. The molecule has 1 aromatic heterocycles. The van der Waals surface area contributed by atoms with Gasteiger partial charge in [0.1, 0.15) is 0 Å². The molecule has 0 aliphatic heterocycles. The maximum absolute atomic E-state index is 13.4. The van der Waals surface area contributed by atoms with Crippen LogP contribution < -0.4 is 5.73 Å². The van der Waals surface area contributed by atoms with Crippen LogP contribution >= 0.6 is 0 Å². The standard InChI is InChI=1S/C10H9FN2/c1-6-7-4-2-3-5-8(7)9(11)10(12)13-6/h2-5H,1H3,(H2,12,13). The van der Waals surface area contributed by atoms with Crippen molar-refractivity contribution in [3.05, 3.63) is 35.8 Å². The van der Waals surface area contributed by atoms with Crippen LogP contribution in [-0.4, -0.2) is 4.98 Å². The zero-order chi connectivity index (χ0) is 9.42. The Labute approximate surface area is 75.2 Å². The number of halogens is 1. The summed E-state index contributed by atoms with van der Waals surface area (Å²) in [4.78, 5) is 3.90. The largest absolute Gasteiger partial charge is 0.381 e. The SMILES string of the molecule is Cc1nc(N)c(F)c2ccccc12. The van der Waals surface area contributed by atoms with Crippen LogP contribution in [0.25, 0.3) is 10.8 Å². The lowest BCUT2D eigenvalue weighted by atomic mass is 10.1. The van der Waals surface area contributed by atoms with Gasteiger partial charge >= 0.3 is 0 Å². The minimum absolute atomic E-state index is 0.0313. The van der Waals surface area contributed by atoms with E-state index in [1.165, 1.54) is 0 Å². The topological polar surface area (TPSA) is 38.9 Å². The van der Waals surface area contributed by atoms with Crippen LogP contribution in [0.1, 0.15) is 5.69 Å². The van der Waals surface area contributed by atoms with E-state index in [0.717, 1.165) is 11.1 Å². The second kappa shape index (κ2) is 2.69. The normalized spacial score (nSPS) is 10.6. The first-order valence-corrected chi connectivity index (χ1v) is 4.00. The summed E-state index contributed by atoms with van der Waals surface area (Å²) in [6, 6.07) is 7.17. The van der Waals surface area contributed by atoms with Gasteiger partial charge in [0, 0.05) is 16.5 Å². The number of nitrogens with zero attached hydrogens (tertiary/aromatic N) is 1. The number of hydrogen-bond acceptors (Lipinski definition) is 2. The molecule has 2 aromatic rings. The molecule has 2 rings (SSSR count). The van der Waals surface area contributed by atoms with Crippen LogP contribution in [0.15, 0.2) is 24.3 Å². The van der Waals surface area contributed by atoms with Gasteiger partial charge in [0.2, 0.25) is 0 Å². The average molecular weight is 176 g/mol. The van der Waals surface area contributed by atoms with E-state index in [-0.39, 0.29) is 5.82 Å². The van der Waals surface area contributed by atoms with E-state index in [9.17, 15) is 4.39 Å². The van der Waals surface area contributed by atoms with Gasteiger partial charge in [-0.15, -0.1) is 0 Å². The van der Waals surface area contributed by atoms with Gasteiger partial charge < -0.3 is 5.73 Å². The van der Waals surface area contributed by atoms with E-state index >= 15 is 0 Å². The molecule has 2 N–H and O–H groups in total. The summed E-state index contributed by atoms with van der Waals surface area (Å²) in [5.41, 5.74) is 6.16. The summed E-state index contributed by atoms with van der Waals surface area (Å²) in [5.74, 6) is -0.461. The van der Waals surface area contributed by atoms with Crippen molar-refractivity contribution in [1.82, 2.24) is 4.98 Å². The third-order valence-corrected chi connectivity index (χ3v) is 2.07. The first-order valence-electron chi connectivity index (χ1n) is 4.00. The van der Waals surface area contributed by atoms with E-state index in [0.29, 0.717) is 5.39 Å². The Morgan fingerprint density at radius 2 is 1.85 bits per heavy atom. The Morgan fingerprint density at radius 3 is 2.54 bits per heavy atom. The summed E-state index contributed by atoms with van der Waals surface area (Å²) in [7, 11) is 0. The summed E-state index contributed by atoms with van der Waals surface area (Å²) in [6.45, 7) is 1.82. The van der Waals surface area contributed by atoms with Gasteiger partial charge in [-0.2, -0.15) is 0 Å². The molecule has 1 aromatic carbocycles. The van der Waals surface area contributed by atoms with Gasteiger partial charge in [-0.3, -0.25) is 0 Å². The second-order valence-corrected chi connectivity index (χ2v) is 2.94. The van der Waals surface area contributed by atoms with Crippen LogP contribution in [0.5, 0.6) is 0 Å². The maximum atomic E-state index is 13.4. The Balaban J connectivity index is 2.97. The van der Waals surface area contributed by atoms with Gasteiger partial charge in [-0.1, -0.05) is 24.3 Å². The molecule has 0 bridgehead atoms. The highest BCUT2D eigenvalue weighted by Crippen LogP contribution is 2.22. The zero-order valence-corrected chi connectivity index (χ0v) is 7.21. The van der Waals surface area contributed by atoms with Crippen molar-refractivity contribution in [2.75, 3.05) is 5.73 Å². The highest BCUT2D eigenvalue weighted by atomic mass is 19.1. The summed E-state index contributed by atoms with van der Waals surface area (Å²) < 4.78 is 13.4. The predicted octanol–water partition coefficient (Wildman–Crippen LogP) is 2.26. The fourth-order valence-electron chi connectivity index (χ4n) is 1.42. The molecule has 0 aliphatic carbocycles. The van der Waals surface area contributed by atoms with Crippen molar-refractivity contribution in [2.24, 2.45) is 0 Å². The fraction of sp³-hybridized carbons (Fsp3) is 0.100. The van der Waals surface area contributed by atoms with E-state index in [1.54, 1.807) is 12.1 Å². The van der Waals surface area contributed by atoms with E-state index < -0.39 is 5.82 Å². The minimum Gasteiger partial charge on any atom is -0.381 e. The number of aryl methyl sites for hydroxylation is 1. The molecule has 0 aliphatic rings. The molecule has 0 atom stereocenters. The molecular formula is C10H9FN2. The van der Waals surface area contributed by atoms with Crippen molar-refractivity contribution in [2.45, 2.75) is 6.92 Å². The first kappa shape index (κ1) is 7.98. The Morgan fingerprint density at radius 1 is 1.23 bits per heavy atom. The lowest BCUT2D eigenvalue weighted by Crippen LogP contribution is -1.98. The van der Waals surface area contributed by atoms with Crippen LogP contribution in [-0.2, 0) is 0 Å². The van der Waals surface area contributed by atoms with Crippen molar-refractivity contribution >= 4 is 16.6 Å². The van der Waals surface area contributed by atoms with Crippen molar-refractivity contribution < 1.29 is 4.39 Å². The van der Waals surface area contributed by atoms with Gasteiger partial charge in [-0.25, -0.2) is 9.37 Å². The second-order valence-electron chi connectivity index (χ2n) is 2.94. The number of fused-ring (bicyclic) bond motifs is 1. The van der Waals surface area contributed by atoms with E-state index in [1.807, 2.05) is 19.1 Å². The van der Waals surface area contributed by atoms with E-state index in [4.69, 9.17) is 5.73 Å². The number of aromatic nitrogens is 1. The van der Waals surface area contributed by atoms with Crippen LogP contribution in [0, 0.1) is 12.7 Å². The third kappa shape index (κ3) is 1.13. The Hall–Kier alpha value is -1.64. The number of nitrogen functional groups attached to an aromatic ring is 1. The Kier molecular flexibility index (Phi) is 1.65. The van der Waals surface area contributed by atoms with Crippen LogP contribution in [0.2, 0.25) is 0 Å². The molecule has 13 heavy (non-hydrogen) atoms. The smallest absolute Gasteiger partial charge is 0.173 e. The number of nitrogens with two attached hydrogens (primary N) is 1. The van der Waals surface area contributed by atoms with Crippen molar-refractivity contribution in [1.29, 1.82) is 0 Å². The van der Waals surface area contributed by atoms with Gasteiger partial charge in [0.25, 0.3) is 0 Å². The quantitative estimate of drug-likeness (QED) is 0.668. The van der Waals surface area contributed by atoms with Crippen LogP contribution in [0.4, 0.5) is 10.2 Å². The molecule has 0 fully saturated rings. The molecule has 0 saturated carbocycles. The number of anilines is 1. The molecule has 2 nitrogen and oxygen atoms in total. The molecule has 66 valence electrons. The molecule has 0 unspecified atom stereocenters. The number of pyridine rings is 1. The summed E-state index contributed by atoms with van der Waals surface area (Å²) in [6.07, 6.45) is 0. The average Bonchev–Trinajstić information content (AvgIpc) is 2.15. The molecule has 1 heterocycles. The lowest BCUT2D eigenvalue weighted by molar-refractivity contribution is 0.639. The third-order valence-electron chi connectivity index (χ3n) is 2.07. The summed E-state index contributed by atoms with van der Waals surface area (Å²) in [5, 5.41) is 1.35. The minimum atomic E-state index is -0.429. The number of hydrogen-bond donors (Lipinski definition) is 1.